The second kappa shape index (κ2) is 5.74. The average molecular weight is 296 g/mol. The van der Waals surface area contributed by atoms with Crippen LogP contribution in [-0.2, 0) is 16.6 Å². The van der Waals surface area contributed by atoms with Crippen molar-refractivity contribution >= 4 is 21.6 Å². The van der Waals surface area contributed by atoms with Gasteiger partial charge in [0.2, 0.25) is 10.0 Å². The predicted molar refractivity (Wildman–Crippen MR) is 76.7 cm³/mol. The molecule has 0 saturated carbocycles. The molecular formula is C14H14ClNO2S. The van der Waals surface area contributed by atoms with E-state index in [1.807, 2.05) is 31.2 Å². The fourth-order valence-corrected chi connectivity index (χ4v) is 3.25. The van der Waals surface area contributed by atoms with Gasteiger partial charge in [-0.3, -0.25) is 0 Å². The van der Waals surface area contributed by atoms with Crippen LogP contribution < -0.4 is 4.72 Å². The summed E-state index contributed by atoms with van der Waals surface area (Å²) in [6, 6.07) is 14.0. The normalized spacial score (nSPS) is 11.5. The van der Waals surface area contributed by atoms with Gasteiger partial charge in [-0.2, -0.15) is 0 Å². The molecule has 2 rings (SSSR count). The standard InChI is InChI=1S/C14H14ClNO2S/c1-11-6-2-3-7-12(11)10-16-19(17,18)14-9-5-4-8-13(14)15/h2-9,16H,10H2,1H3. The molecular weight excluding hydrogens is 282 g/mol. The predicted octanol–water partition coefficient (Wildman–Crippen LogP) is 3.13. The van der Waals surface area contributed by atoms with Gasteiger partial charge >= 0.3 is 0 Å². The van der Waals surface area contributed by atoms with Crippen LogP contribution in [0.1, 0.15) is 11.1 Å². The summed E-state index contributed by atoms with van der Waals surface area (Å²) in [4.78, 5) is 0.102. The lowest BCUT2D eigenvalue weighted by Gasteiger charge is -2.09. The molecule has 0 aliphatic rings. The third-order valence-corrected chi connectivity index (χ3v) is 4.74. The molecule has 1 N–H and O–H groups in total. The second-order valence-electron chi connectivity index (χ2n) is 4.18. The summed E-state index contributed by atoms with van der Waals surface area (Å²) in [7, 11) is -3.59. The van der Waals surface area contributed by atoms with Gasteiger partial charge in [0, 0.05) is 6.54 Å². The number of hydrogen-bond donors (Lipinski definition) is 1. The SMILES string of the molecule is Cc1ccccc1CNS(=O)(=O)c1ccccc1Cl. The highest BCUT2D eigenvalue weighted by Crippen LogP contribution is 2.20. The van der Waals surface area contributed by atoms with E-state index < -0.39 is 10.0 Å². The van der Waals surface area contributed by atoms with Crippen LogP contribution in [0, 0.1) is 6.92 Å². The Bertz CT molecular complexity index is 683. The van der Waals surface area contributed by atoms with E-state index in [2.05, 4.69) is 4.72 Å². The van der Waals surface area contributed by atoms with Crippen molar-refractivity contribution < 1.29 is 8.42 Å². The van der Waals surface area contributed by atoms with Gasteiger partial charge in [-0.1, -0.05) is 48.0 Å². The molecule has 0 bridgehead atoms. The third kappa shape index (κ3) is 3.35. The monoisotopic (exact) mass is 295 g/mol. The van der Waals surface area contributed by atoms with Gasteiger partial charge in [0.15, 0.2) is 0 Å². The van der Waals surface area contributed by atoms with Crippen LogP contribution in [0.3, 0.4) is 0 Å². The Labute approximate surface area is 118 Å². The van der Waals surface area contributed by atoms with E-state index in [0.29, 0.717) is 0 Å². The summed E-state index contributed by atoms with van der Waals surface area (Å²) in [5.41, 5.74) is 1.99. The van der Waals surface area contributed by atoms with Crippen molar-refractivity contribution in [3.05, 3.63) is 64.7 Å². The highest BCUT2D eigenvalue weighted by molar-refractivity contribution is 7.89. The summed E-state index contributed by atoms with van der Waals surface area (Å²) in [5, 5.41) is 0.222. The zero-order chi connectivity index (χ0) is 13.9. The van der Waals surface area contributed by atoms with E-state index in [0.717, 1.165) is 11.1 Å². The Morgan fingerprint density at radius 3 is 2.37 bits per heavy atom. The van der Waals surface area contributed by atoms with E-state index in [1.54, 1.807) is 18.2 Å². The molecule has 2 aromatic rings. The maximum absolute atomic E-state index is 12.1. The Morgan fingerprint density at radius 2 is 1.68 bits per heavy atom. The van der Waals surface area contributed by atoms with Crippen molar-refractivity contribution in [2.45, 2.75) is 18.4 Å². The fourth-order valence-electron chi connectivity index (χ4n) is 1.72. The molecule has 0 heterocycles. The fraction of sp³-hybridized carbons (Fsp3) is 0.143. The first-order valence-corrected chi connectivity index (χ1v) is 7.65. The van der Waals surface area contributed by atoms with Crippen molar-refractivity contribution in [3.63, 3.8) is 0 Å². The highest BCUT2D eigenvalue weighted by Gasteiger charge is 2.16. The van der Waals surface area contributed by atoms with Gasteiger partial charge in [0.1, 0.15) is 4.90 Å². The summed E-state index contributed by atoms with van der Waals surface area (Å²) < 4.78 is 26.8. The van der Waals surface area contributed by atoms with Gasteiger partial charge < -0.3 is 0 Å². The lowest BCUT2D eigenvalue weighted by Crippen LogP contribution is -2.23. The first kappa shape index (κ1) is 14.1. The Kier molecular flexibility index (Phi) is 4.24. The van der Waals surface area contributed by atoms with Crippen LogP contribution in [0.25, 0.3) is 0 Å². The zero-order valence-electron chi connectivity index (χ0n) is 10.4. The molecule has 0 saturated heterocycles. The van der Waals surface area contributed by atoms with Crippen LogP contribution in [0.4, 0.5) is 0 Å². The van der Waals surface area contributed by atoms with Crippen LogP contribution >= 0.6 is 11.6 Å². The van der Waals surface area contributed by atoms with Crippen molar-refractivity contribution in [2.75, 3.05) is 0 Å². The minimum absolute atomic E-state index is 0.102. The maximum Gasteiger partial charge on any atom is 0.242 e. The maximum atomic E-state index is 12.1. The number of halogens is 1. The molecule has 100 valence electrons. The first-order chi connectivity index (χ1) is 9.00. The van der Waals surface area contributed by atoms with Gasteiger partial charge in [-0.25, -0.2) is 13.1 Å². The quantitative estimate of drug-likeness (QED) is 0.942. The number of hydrogen-bond acceptors (Lipinski definition) is 2. The van der Waals surface area contributed by atoms with Crippen LogP contribution in [0.15, 0.2) is 53.4 Å². The molecule has 0 amide bonds. The van der Waals surface area contributed by atoms with E-state index in [1.165, 1.54) is 6.07 Å². The van der Waals surface area contributed by atoms with E-state index in [-0.39, 0.29) is 16.5 Å². The van der Waals surface area contributed by atoms with Crippen molar-refractivity contribution in [1.82, 2.24) is 4.72 Å². The molecule has 5 heteroatoms. The molecule has 0 unspecified atom stereocenters. The topological polar surface area (TPSA) is 46.2 Å². The van der Waals surface area contributed by atoms with E-state index >= 15 is 0 Å². The number of aryl methyl sites for hydroxylation is 1. The molecule has 0 aromatic heterocycles. The van der Waals surface area contributed by atoms with Gasteiger partial charge in [-0.05, 0) is 30.2 Å². The van der Waals surface area contributed by atoms with Gasteiger partial charge in [-0.15, -0.1) is 0 Å². The smallest absolute Gasteiger partial charge is 0.207 e. The largest absolute Gasteiger partial charge is 0.242 e. The first-order valence-electron chi connectivity index (χ1n) is 5.79. The summed E-state index contributed by atoms with van der Waals surface area (Å²) in [5.74, 6) is 0. The number of nitrogens with one attached hydrogen (secondary N) is 1. The van der Waals surface area contributed by atoms with Crippen molar-refractivity contribution in [1.29, 1.82) is 0 Å². The molecule has 0 spiro atoms. The number of rotatable bonds is 4. The van der Waals surface area contributed by atoms with Crippen LogP contribution in [-0.4, -0.2) is 8.42 Å². The molecule has 0 aliphatic heterocycles. The summed E-state index contributed by atoms with van der Waals surface area (Å²) in [6.07, 6.45) is 0. The second-order valence-corrected chi connectivity index (χ2v) is 6.32. The minimum atomic E-state index is -3.59. The minimum Gasteiger partial charge on any atom is -0.207 e. The van der Waals surface area contributed by atoms with Gasteiger partial charge in [0.05, 0.1) is 5.02 Å². The van der Waals surface area contributed by atoms with Crippen molar-refractivity contribution in [2.24, 2.45) is 0 Å². The summed E-state index contributed by atoms with van der Waals surface area (Å²) >= 11 is 5.90. The zero-order valence-corrected chi connectivity index (χ0v) is 12.0. The summed E-state index contributed by atoms with van der Waals surface area (Å²) in [6.45, 7) is 2.19. The molecule has 2 aromatic carbocycles. The van der Waals surface area contributed by atoms with Gasteiger partial charge in [0.25, 0.3) is 0 Å². The molecule has 0 aliphatic carbocycles. The Balaban J connectivity index is 2.20. The molecule has 3 nitrogen and oxygen atoms in total. The Hall–Kier alpha value is -1.36. The van der Waals surface area contributed by atoms with Crippen LogP contribution in [0.2, 0.25) is 5.02 Å². The van der Waals surface area contributed by atoms with Crippen LogP contribution in [0.5, 0.6) is 0 Å². The molecule has 0 fully saturated rings. The molecule has 0 radical (unpaired) electrons. The number of benzene rings is 2. The molecule has 19 heavy (non-hydrogen) atoms. The number of sulfonamides is 1. The average Bonchev–Trinajstić information content (AvgIpc) is 2.38. The highest BCUT2D eigenvalue weighted by atomic mass is 35.5. The third-order valence-electron chi connectivity index (χ3n) is 2.84. The van der Waals surface area contributed by atoms with E-state index in [4.69, 9.17) is 11.6 Å². The van der Waals surface area contributed by atoms with Crippen molar-refractivity contribution in [3.8, 4) is 0 Å². The lowest BCUT2D eigenvalue weighted by atomic mass is 10.1. The lowest BCUT2D eigenvalue weighted by molar-refractivity contribution is 0.581. The molecule has 0 atom stereocenters. The van der Waals surface area contributed by atoms with E-state index in [9.17, 15) is 8.42 Å². The Morgan fingerprint density at radius 1 is 1.05 bits per heavy atom.